The number of nitrogens with zero attached hydrogens (tertiary/aromatic N) is 2. The molecule has 108 valence electrons. The predicted octanol–water partition coefficient (Wildman–Crippen LogP) is 2.70. The molecule has 1 aromatic rings. The normalized spacial score (nSPS) is 20.1. The second-order valence-electron chi connectivity index (χ2n) is 6.06. The molecule has 1 aliphatic rings. The van der Waals surface area contributed by atoms with Gasteiger partial charge >= 0.3 is 0 Å². The molecular weight excluding hydrogens is 238 g/mol. The van der Waals surface area contributed by atoms with Crippen molar-refractivity contribution in [2.24, 2.45) is 13.0 Å². The number of hydrogen-bond donors (Lipinski definition) is 1. The minimum absolute atomic E-state index is 0.420. The zero-order chi connectivity index (χ0) is 13.8. The molecule has 1 atom stereocenters. The first-order chi connectivity index (χ1) is 9.08. The van der Waals surface area contributed by atoms with Crippen molar-refractivity contribution >= 4 is 5.82 Å². The van der Waals surface area contributed by atoms with Gasteiger partial charge in [0.1, 0.15) is 5.82 Å². The fourth-order valence-corrected chi connectivity index (χ4v) is 2.80. The standard InChI is InChI=1S/C15H27N3O/c1-11(2)10-13-14(17-18(3)15(13)16)8-7-12-6-4-5-9-19-12/h11-12H,4-10,16H2,1-3H3. The largest absolute Gasteiger partial charge is 0.384 e. The lowest BCUT2D eigenvalue weighted by Crippen LogP contribution is -2.19. The smallest absolute Gasteiger partial charge is 0.124 e. The number of rotatable bonds is 5. The van der Waals surface area contributed by atoms with E-state index in [2.05, 4.69) is 18.9 Å². The van der Waals surface area contributed by atoms with Gasteiger partial charge in [-0.15, -0.1) is 0 Å². The zero-order valence-electron chi connectivity index (χ0n) is 12.5. The van der Waals surface area contributed by atoms with E-state index in [1.54, 1.807) is 0 Å². The third kappa shape index (κ3) is 3.72. The highest BCUT2D eigenvalue weighted by molar-refractivity contribution is 5.43. The van der Waals surface area contributed by atoms with Crippen molar-refractivity contribution in [2.45, 2.75) is 58.5 Å². The van der Waals surface area contributed by atoms with Gasteiger partial charge in [0, 0.05) is 19.2 Å². The second-order valence-corrected chi connectivity index (χ2v) is 6.06. The van der Waals surface area contributed by atoms with Crippen LogP contribution in [-0.4, -0.2) is 22.5 Å². The summed E-state index contributed by atoms with van der Waals surface area (Å²) < 4.78 is 7.61. The Hall–Kier alpha value is -1.03. The molecule has 2 heterocycles. The summed E-state index contributed by atoms with van der Waals surface area (Å²) in [6, 6.07) is 0. The van der Waals surface area contributed by atoms with Crippen LogP contribution in [0, 0.1) is 5.92 Å². The van der Waals surface area contributed by atoms with Crippen molar-refractivity contribution in [3.8, 4) is 0 Å². The van der Waals surface area contributed by atoms with Crippen LogP contribution in [0.3, 0.4) is 0 Å². The first kappa shape index (κ1) is 14.4. The Morgan fingerprint density at radius 1 is 1.42 bits per heavy atom. The summed E-state index contributed by atoms with van der Waals surface area (Å²) >= 11 is 0. The van der Waals surface area contributed by atoms with Crippen LogP contribution < -0.4 is 5.73 Å². The second kappa shape index (κ2) is 6.42. The number of ether oxygens (including phenoxy) is 1. The first-order valence-electron chi connectivity index (χ1n) is 7.49. The number of aryl methyl sites for hydroxylation is 2. The molecule has 19 heavy (non-hydrogen) atoms. The highest BCUT2D eigenvalue weighted by Gasteiger charge is 2.18. The van der Waals surface area contributed by atoms with Gasteiger partial charge in [-0.2, -0.15) is 5.10 Å². The van der Waals surface area contributed by atoms with Crippen molar-refractivity contribution < 1.29 is 4.74 Å². The first-order valence-corrected chi connectivity index (χ1v) is 7.49. The van der Waals surface area contributed by atoms with Crippen LogP contribution in [-0.2, 0) is 24.6 Å². The number of nitrogens with two attached hydrogens (primary N) is 1. The molecule has 0 spiro atoms. The lowest BCUT2D eigenvalue weighted by Gasteiger charge is -2.22. The maximum absolute atomic E-state index is 6.13. The van der Waals surface area contributed by atoms with Crippen molar-refractivity contribution in [3.05, 3.63) is 11.3 Å². The Morgan fingerprint density at radius 2 is 2.21 bits per heavy atom. The van der Waals surface area contributed by atoms with E-state index in [1.807, 2.05) is 11.7 Å². The third-order valence-electron chi connectivity index (χ3n) is 3.87. The molecule has 1 aromatic heterocycles. The summed E-state index contributed by atoms with van der Waals surface area (Å²) in [5.41, 5.74) is 8.54. The highest BCUT2D eigenvalue weighted by Crippen LogP contribution is 2.23. The fraction of sp³-hybridized carbons (Fsp3) is 0.800. The summed E-state index contributed by atoms with van der Waals surface area (Å²) in [6.45, 7) is 5.37. The Kier molecular flexibility index (Phi) is 4.86. The van der Waals surface area contributed by atoms with Gasteiger partial charge < -0.3 is 10.5 Å². The molecule has 1 fully saturated rings. The summed E-state index contributed by atoms with van der Waals surface area (Å²) in [7, 11) is 1.93. The quantitative estimate of drug-likeness (QED) is 0.890. The van der Waals surface area contributed by atoms with E-state index in [-0.39, 0.29) is 0 Å². The van der Waals surface area contributed by atoms with Crippen LogP contribution in [0.2, 0.25) is 0 Å². The minimum atomic E-state index is 0.420. The monoisotopic (exact) mass is 265 g/mol. The fourth-order valence-electron chi connectivity index (χ4n) is 2.80. The molecule has 4 nitrogen and oxygen atoms in total. The number of nitrogen functional groups attached to an aromatic ring is 1. The average Bonchev–Trinajstić information content (AvgIpc) is 2.65. The van der Waals surface area contributed by atoms with Crippen LogP contribution in [0.25, 0.3) is 0 Å². The molecule has 1 saturated heterocycles. The average molecular weight is 265 g/mol. The van der Waals surface area contributed by atoms with E-state index in [1.165, 1.54) is 30.5 Å². The minimum Gasteiger partial charge on any atom is -0.384 e. The van der Waals surface area contributed by atoms with E-state index in [4.69, 9.17) is 10.5 Å². The van der Waals surface area contributed by atoms with Crippen LogP contribution in [0.15, 0.2) is 0 Å². The van der Waals surface area contributed by atoms with Gasteiger partial charge in [-0.1, -0.05) is 13.8 Å². The predicted molar refractivity (Wildman–Crippen MR) is 78.1 cm³/mol. The van der Waals surface area contributed by atoms with Crippen LogP contribution in [0.4, 0.5) is 5.82 Å². The van der Waals surface area contributed by atoms with E-state index >= 15 is 0 Å². The zero-order valence-corrected chi connectivity index (χ0v) is 12.5. The Bertz CT molecular complexity index is 406. The molecule has 0 bridgehead atoms. The lowest BCUT2D eigenvalue weighted by molar-refractivity contribution is 0.0113. The van der Waals surface area contributed by atoms with Crippen molar-refractivity contribution in [1.29, 1.82) is 0 Å². The summed E-state index contributed by atoms with van der Waals surface area (Å²) in [6.07, 6.45) is 7.20. The number of hydrogen-bond acceptors (Lipinski definition) is 3. The third-order valence-corrected chi connectivity index (χ3v) is 3.87. The molecule has 2 rings (SSSR count). The Morgan fingerprint density at radius 3 is 2.84 bits per heavy atom. The van der Waals surface area contributed by atoms with Crippen molar-refractivity contribution in [3.63, 3.8) is 0 Å². The van der Waals surface area contributed by atoms with Gasteiger partial charge in [0.25, 0.3) is 0 Å². The lowest BCUT2D eigenvalue weighted by atomic mass is 9.98. The molecule has 1 aliphatic heterocycles. The van der Waals surface area contributed by atoms with Gasteiger partial charge in [0.05, 0.1) is 11.8 Å². The van der Waals surface area contributed by atoms with Gasteiger partial charge in [0.15, 0.2) is 0 Å². The summed E-state index contributed by atoms with van der Waals surface area (Å²) in [5, 5.41) is 4.58. The van der Waals surface area contributed by atoms with E-state index < -0.39 is 0 Å². The molecule has 1 unspecified atom stereocenters. The van der Waals surface area contributed by atoms with Crippen LogP contribution in [0.5, 0.6) is 0 Å². The van der Waals surface area contributed by atoms with E-state index in [9.17, 15) is 0 Å². The molecular formula is C15H27N3O. The van der Waals surface area contributed by atoms with Gasteiger partial charge in [-0.05, 0) is 44.4 Å². The highest BCUT2D eigenvalue weighted by atomic mass is 16.5. The van der Waals surface area contributed by atoms with Crippen LogP contribution >= 0.6 is 0 Å². The Labute approximate surface area is 116 Å². The molecule has 4 heteroatoms. The molecule has 0 saturated carbocycles. The van der Waals surface area contributed by atoms with Crippen molar-refractivity contribution in [2.75, 3.05) is 12.3 Å². The summed E-state index contributed by atoms with van der Waals surface area (Å²) in [5.74, 6) is 1.43. The maximum Gasteiger partial charge on any atom is 0.124 e. The van der Waals surface area contributed by atoms with E-state index in [0.29, 0.717) is 12.0 Å². The molecule has 0 aromatic carbocycles. The molecule has 2 N–H and O–H groups in total. The van der Waals surface area contributed by atoms with Gasteiger partial charge in [0.2, 0.25) is 0 Å². The number of aromatic nitrogens is 2. The van der Waals surface area contributed by atoms with Gasteiger partial charge in [-0.25, -0.2) is 0 Å². The van der Waals surface area contributed by atoms with E-state index in [0.717, 1.165) is 31.7 Å². The SMILES string of the molecule is CC(C)Cc1c(CCC2CCCCO2)nn(C)c1N. The molecule has 0 radical (unpaired) electrons. The van der Waals surface area contributed by atoms with Crippen molar-refractivity contribution in [1.82, 2.24) is 9.78 Å². The molecule has 0 aliphatic carbocycles. The molecule has 0 amide bonds. The Balaban J connectivity index is 2.00. The maximum atomic E-state index is 6.13. The topological polar surface area (TPSA) is 53.1 Å². The van der Waals surface area contributed by atoms with Crippen LogP contribution in [0.1, 0.15) is 50.8 Å². The summed E-state index contributed by atoms with van der Waals surface area (Å²) in [4.78, 5) is 0. The van der Waals surface area contributed by atoms with Gasteiger partial charge in [-0.3, -0.25) is 4.68 Å². The number of anilines is 1.